The smallest absolute Gasteiger partial charge is 0.407 e. The molecule has 2 unspecified atom stereocenters. The Labute approximate surface area is 286 Å². The number of fused-ring (bicyclic) bond motifs is 3. The molecule has 2 aliphatic heterocycles. The monoisotopic (exact) mass is 675 g/mol. The number of carbonyl (C=O) groups is 3. The number of morpholine rings is 2. The van der Waals surface area contributed by atoms with Crippen LogP contribution in [0.4, 0.5) is 4.79 Å². The van der Waals surface area contributed by atoms with E-state index in [1.807, 2.05) is 51.1 Å². The Morgan fingerprint density at radius 2 is 1.61 bits per heavy atom. The molecular formula is C36H45N5O8. The number of nitrogens with one attached hydrogen (secondary N) is 2. The number of hydrogen-bond donors (Lipinski definition) is 4. The van der Waals surface area contributed by atoms with Gasteiger partial charge in [0.05, 0.1) is 23.8 Å². The summed E-state index contributed by atoms with van der Waals surface area (Å²) in [7, 11) is 0. The number of β-amino-alcohol motifs (C(OH)–C–C–N with tert-alkyl or cyclic N) is 1. The van der Waals surface area contributed by atoms with Crippen LogP contribution in [-0.2, 0) is 14.3 Å². The average molecular weight is 676 g/mol. The van der Waals surface area contributed by atoms with E-state index >= 15 is 0 Å². The Morgan fingerprint density at radius 1 is 0.959 bits per heavy atom. The number of carboxylic acid groups (broad SMARTS) is 1. The predicted octanol–water partition coefficient (Wildman–Crippen LogP) is 2.86. The summed E-state index contributed by atoms with van der Waals surface area (Å²) in [5.74, 6) is -0.796. The standard InChI is InChI=1S/C23H34N4O5.C13H11NO3/c1-23(2,3)32-22(29)25-8-9-26-12-20-14-27(15-21(13-26)31-20)11-18(28)16-30-19-6-4-17(10-24)5-7-19;15-12(16)8-14-13(17)11-6-5-9-3-1-2-4-10(9)7-11/h4-7,18,20-21,28H,8-9,11-16H2,1-3H3,(H,25,29);1-7H,8H2,(H,14,17)(H,15,16)/t18-,20?,21?;/m0./s1. The molecule has 0 aliphatic carbocycles. The van der Waals surface area contributed by atoms with Gasteiger partial charge in [0, 0.05) is 51.4 Å². The first-order valence-corrected chi connectivity index (χ1v) is 16.2. The molecule has 0 radical (unpaired) electrons. The normalized spacial score (nSPS) is 18.3. The molecule has 49 heavy (non-hydrogen) atoms. The molecule has 13 nitrogen and oxygen atoms in total. The van der Waals surface area contributed by atoms with E-state index in [1.165, 1.54) is 0 Å². The van der Waals surface area contributed by atoms with Crippen molar-refractivity contribution in [2.24, 2.45) is 0 Å². The first kappa shape index (κ1) is 37.1. The Balaban J connectivity index is 0.000000266. The summed E-state index contributed by atoms with van der Waals surface area (Å²) >= 11 is 0. The van der Waals surface area contributed by atoms with Crippen molar-refractivity contribution in [1.82, 2.24) is 20.4 Å². The van der Waals surface area contributed by atoms with Crippen LogP contribution in [0.2, 0.25) is 0 Å². The molecule has 2 aliphatic rings. The zero-order valence-corrected chi connectivity index (χ0v) is 28.1. The van der Waals surface area contributed by atoms with Gasteiger partial charge in [-0.25, -0.2) is 4.79 Å². The van der Waals surface area contributed by atoms with Crippen LogP contribution < -0.4 is 15.4 Å². The van der Waals surface area contributed by atoms with E-state index in [4.69, 9.17) is 24.6 Å². The van der Waals surface area contributed by atoms with Crippen LogP contribution in [0.3, 0.4) is 0 Å². The molecule has 0 saturated carbocycles. The maximum absolute atomic E-state index is 11.8. The van der Waals surface area contributed by atoms with Crippen molar-refractivity contribution in [2.45, 2.75) is 44.7 Å². The third kappa shape index (κ3) is 12.7. The minimum absolute atomic E-state index is 0.0793. The number of aliphatic carboxylic acids is 1. The summed E-state index contributed by atoms with van der Waals surface area (Å²) in [4.78, 5) is 38.3. The third-order valence-corrected chi connectivity index (χ3v) is 7.64. The number of rotatable bonds is 11. The van der Waals surface area contributed by atoms with E-state index in [0.717, 1.165) is 43.5 Å². The number of carbonyl (C=O) groups excluding carboxylic acids is 2. The molecule has 2 bridgehead atoms. The van der Waals surface area contributed by atoms with Crippen molar-refractivity contribution in [1.29, 1.82) is 5.26 Å². The molecule has 0 aromatic heterocycles. The van der Waals surface area contributed by atoms with Crippen LogP contribution >= 0.6 is 0 Å². The Bertz CT molecular complexity index is 1590. The average Bonchev–Trinajstić information content (AvgIpc) is 3.05. The zero-order chi connectivity index (χ0) is 35.4. The molecular weight excluding hydrogens is 630 g/mol. The largest absolute Gasteiger partial charge is 0.491 e. The van der Waals surface area contributed by atoms with Gasteiger partial charge >= 0.3 is 12.1 Å². The van der Waals surface area contributed by atoms with Crippen molar-refractivity contribution in [2.75, 3.05) is 59.0 Å². The highest BCUT2D eigenvalue weighted by Crippen LogP contribution is 2.20. The van der Waals surface area contributed by atoms with E-state index in [0.29, 0.717) is 30.0 Å². The van der Waals surface area contributed by atoms with Gasteiger partial charge in [0.25, 0.3) is 5.91 Å². The van der Waals surface area contributed by atoms with Gasteiger partial charge in [-0.3, -0.25) is 19.4 Å². The third-order valence-electron chi connectivity index (χ3n) is 7.64. The molecule has 2 fully saturated rings. The minimum atomic E-state index is -1.06. The Hall–Kier alpha value is -4.74. The van der Waals surface area contributed by atoms with Gasteiger partial charge in [0.2, 0.25) is 0 Å². The zero-order valence-electron chi connectivity index (χ0n) is 28.1. The number of alkyl carbamates (subject to hydrolysis) is 1. The topological polar surface area (TPSA) is 174 Å². The molecule has 2 saturated heterocycles. The van der Waals surface area contributed by atoms with Gasteiger partial charge in [-0.15, -0.1) is 0 Å². The first-order valence-electron chi connectivity index (χ1n) is 16.2. The maximum atomic E-state index is 11.8. The van der Waals surface area contributed by atoms with Crippen LogP contribution in [0.25, 0.3) is 10.8 Å². The summed E-state index contributed by atoms with van der Waals surface area (Å²) in [6, 6.07) is 21.9. The summed E-state index contributed by atoms with van der Waals surface area (Å²) in [5.41, 5.74) is 0.540. The van der Waals surface area contributed by atoms with E-state index in [9.17, 15) is 19.5 Å². The van der Waals surface area contributed by atoms with E-state index in [-0.39, 0.29) is 31.3 Å². The molecule has 5 rings (SSSR count). The van der Waals surface area contributed by atoms with E-state index in [1.54, 1.807) is 36.4 Å². The molecule has 4 N–H and O–H groups in total. The van der Waals surface area contributed by atoms with Crippen molar-refractivity contribution in [3.63, 3.8) is 0 Å². The van der Waals surface area contributed by atoms with Crippen molar-refractivity contribution in [3.8, 4) is 11.8 Å². The van der Waals surface area contributed by atoms with Gasteiger partial charge in [-0.05, 0) is 67.9 Å². The summed E-state index contributed by atoms with van der Waals surface area (Å²) in [6.07, 6.45) is -0.848. The predicted molar refractivity (Wildman–Crippen MR) is 182 cm³/mol. The lowest BCUT2D eigenvalue weighted by Gasteiger charge is -2.46. The number of nitrogens with zero attached hydrogens (tertiary/aromatic N) is 3. The molecule has 3 atom stereocenters. The second kappa shape index (κ2) is 17.6. The fourth-order valence-corrected chi connectivity index (χ4v) is 5.58. The molecule has 2 amide bonds. The number of benzene rings is 3. The highest BCUT2D eigenvalue weighted by atomic mass is 16.6. The summed E-state index contributed by atoms with van der Waals surface area (Å²) in [5, 5.41) is 34.8. The second-order valence-electron chi connectivity index (χ2n) is 13.0. The minimum Gasteiger partial charge on any atom is -0.491 e. The van der Waals surface area contributed by atoms with Gasteiger partial charge in [-0.1, -0.05) is 30.3 Å². The van der Waals surface area contributed by atoms with Crippen LogP contribution in [-0.4, -0.2) is 121 Å². The van der Waals surface area contributed by atoms with Crippen molar-refractivity contribution < 1.29 is 38.8 Å². The molecule has 3 aromatic carbocycles. The number of nitriles is 1. The van der Waals surface area contributed by atoms with Gasteiger partial charge in [0.1, 0.15) is 30.6 Å². The van der Waals surface area contributed by atoms with E-state index in [2.05, 4.69) is 26.5 Å². The first-order chi connectivity index (χ1) is 23.4. The van der Waals surface area contributed by atoms with Crippen LogP contribution in [0, 0.1) is 11.3 Å². The van der Waals surface area contributed by atoms with Crippen LogP contribution in [0.15, 0.2) is 66.7 Å². The number of aliphatic hydroxyl groups excluding tert-OH is 1. The van der Waals surface area contributed by atoms with Crippen LogP contribution in [0.5, 0.6) is 5.75 Å². The van der Waals surface area contributed by atoms with Gasteiger partial charge in [-0.2, -0.15) is 5.26 Å². The highest BCUT2D eigenvalue weighted by molar-refractivity contribution is 5.99. The SMILES string of the molecule is CC(C)(C)OC(=O)NCCN1CC2CN(C[C@H](O)COc3ccc(C#N)cc3)CC(C1)O2.O=C(O)CNC(=O)c1ccc2ccccc2c1. The molecule has 13 heteroatoms. The van der Waals surface area contributed by atoms with E-state index < -0.39 is 23.8 Å². The van der Waals surface area contributed by atoms with Gasteiger partial charge in [0.15, 0.2) is 0 Å². The second-order valence-corrected chi connectivity index (χ2v) is 13.0. The maximum Gasteiger partial charge on any atom is 0.407 e. The highest BCUT2D eigenvalue weighted by Gasteiger charge is 2.35. The molecule has 2 heterocycles. The lowest BCUT2D eigenvalue weighted by molar-refractivity contribution is -0.142. The summed E-state index contributed by atoms with van der Waals surface area (Å²) < 4.78 is 17.0. The van der Waals surface area contributed by atoms with Gasteiger partial charge < -0.3 is 35.1 Å². The van der Waals surface area contributed by atoms with Crippen molar-refractivity contribution >= 4 is 28.7 Å². The number of hydrogen-bond acceptors (Lipinski definition) is 10. The Kier molecular flexibility index (Phi) is 13.3. The summed E-state index contributed by atoms with van der Waals surface area (Å²) in [6.45, 7) is 10.2. The fourth-order valence-electron chi connectivity index (χ4n) is 5.58. The quantitative estimate of drug-likeness (QED) is 0.235. The number of ether oxygens (including phenoxy) is 3. The number of aliphatic hydroxyl groups is 1. The molecule has 0 spiro atoms. The molecule has 262 valence electrons. The number of carboxylic acids is 1. The fraction of sp³-hybridized carbons (Fsp3) is 0.444. The lowest BCUT2D eigenvalue weighted by atomic mass is 10.1. The van der Waals surface area contributed by atoms with Crippen molar-refractivity contribution in [3.05, 3.63) is 77.9 Å². The molecule has 3 aromatic rings. The van der Waals surface area contributed by atoms with Crippen LogP contribution in [0.1, 0.15) is 36.7 Å². The number of amides is 2. The Morgan fingerprint density at radius 3 is 2.24 bits per heavy atom. The lowest BCUT2D eigenvalue weighted by Crippen LogP contribution is -2.61.